The van der Waals surface area contributed by atoms with Gasteiger partial charge in [-0.2, -0.15) is 4.98 Å². The van der Waals surface area contributed by atoms with Crippen molar-refractivity contribution >= 4 is 0 Å². The fraction of sp³-hybridized carbons (Fsp3) is 0.450. The Hall–Kier alpha value is -2.51. The van der Waals surface area contributed by atoms with Crippen molar-refractivity contribution in [1.82, 2.24) is 24.9 Å². The number of aromatic nitrogens is 3. The van der Waals surface area contributed by atoms with Crippen LogP contribution in [0.3, 0.4) is 0 Å². The zero-order valence-corrected chi connectivity index (χ0v) is 16.1. The molecule has 0 amide bonds. The highest BCUT2D eigenvalue weighted by molar-refractivity contribution is 5.53. The highest BCUT2D eigenvalue weighted by Gasteiger charge is 2.26. The topological polar surface area (TPSA) is 71.4 Å². The quantitative estimate of drug-likeness (QED) is 0.685. The van der Waals surface area contributed by atoms with E-state index in [1.54, 1.807) is 0 Å². The second kappa shape index (κ2) is 7.62. The molecule has 7 nitrogen and oxygen atoms in total. The lowest BCUT2D eigenvalue weighted by molar-refractivity contribution is 0.0796. The van der Waals surface area contributed by atoms with Gasteiger partial charge in [-0.05, 0) is 20.8 Å². The van der Waals surface area contributed by atoms with Gasteiger partial charge in [-0.25, -0.2) is 4.98 Å². The molecule has 1 aromatic carbocycles. The van der Waals surface area contributed by atoms with Gasteiger partial charge in [0, 0.05) is 31.7 Å². The van der Waals surface area contributed by atoms with Crippen molar-refractivity contribution in [2.45, 2.75) is 33.4 Å². The van der Waals surface area contributed by atoms with Crippen LogP contribution in [0.25, 0.3) is 11.4 Å². The molecule has 3 aromatic rings. The van der Waals surface area contributed by atoms with Crippen LogP contribution < -0.4 is 0 Å². The minimum atomic E-state index is 0.100. The van der Waals surface area contributed by atoms with E-state index in [4.69, 9.17) is 8.94 Å². The molecule has 0 bridgehead atoms. The fourth-order valence-corrected chi connectivity index (χ4v) is 3.37. The van der Waals surface area contributed by atoms with Crippen molar-refractivity contribution in [3.63, 3.8) is 0 Å². The molecular weight excluding hydrogens is 342 g/mol. The van der Waals surface area contributed by atoms with Crippen molar-refractivity contribution in [1.29, 1.82) is 0 Å². The Kier molecular flexibility index (Phi) is 5.05. The number of oxazole rings is 1. The lowest BCUT2D eigenvalue weighted by Crippen LogP contribution is -2.46. The van der Waals surface area contributed by atoms with Gasteiger partial charge in [0.05, 0.1) is 18.3 Å². The molecule has 0 aliphatic carbocycles. The lowest BCUT2D eigenvalue weighted by Gasteiger charge is -2.36. The van der Waals surface area contributed by atoms with Crippen LogP contribution in [0.15, 0.2) is 39.3 Å². The van der Waals surface area contributed by atoms with Gasteiger partial charge in [-0.3, -0.25) is 9.80 Å². The minimum absolute atomic E-state index is 0.100. The van der Waals surface area contributed by atoms with Crippen LogP contribution in [-0.2, 0) is 6.54 Å². The maximum atomic E-state index is 5.71. The van der Waals surface area contributed by atoms with Crippen LogP contribution in [0, 0.1) is 13.8 Å². The predicted octanol–water partition coefficient (Wildman–Crippen LogP) is 3.22. The number of rotatable bonds is 5. The number of benzene rings is 1. The first kappa shape index (κ1) is 17.9. The summed E-state index contributed by atoms with van der Waals surface area (Å²) in [7, 11) is 0. The Morgan fingerprint density at radius 1 is 1.04 bits per heavy atom. The van der Waals surface area contributed by atoms with E-state index in [1.165, 1.54) is 0 Å². The molecule has 27 heavy (non-hydrogen) atoms. The number of hydrogen-bond donors (Lipinski definition) is 0. The molecule has 0 spiro atoms. The fourth-order valence-electron chi connectivity index (χ4n) is 3.37. The monoisotopic (exact) mass is 367 g/mol. The van der Waals surface area contributed by atoms with Crippen LogP contribution in [0.5, 0.6) is 0 Å². The Morgan fingerprint density at radius 3 is 2.44 bits per heavy atom. The number of aryl methyl sites for hydroxylation is 2. The summed E-state index contributed by atoms with van der Waals surface area (Å²) in [6, 6.07) is 10.0. The second-order valence-corrected chi connectivity index (χ2v) is 7.06. The van der Waals surface area contributed by atoms with Gasteiger partial charge in [-0.1, -0.05) is 35.5 Å². The molecule has 0 N–H and O–H groups in total. The maximum Gasteiger partial charge on any atom is 0.244 e. The molecule has 1 saturated heterocycles. The van der Waals surface area contributed by atoms with Gasteiger partial charge >= 0.3 is 0 Å². The highest BCUT2D eigenvalue weighted by atomic mass is 16.5. The van der Waals surface area contributed by atoms with Gasteiger partial charge in [0.2, 0.25) is 17.6 Å². The maximum absolute atomic E-state index is 5.71. The first-order valence-electron chi connectivity index (χ1n) is 9.38. The third-order valence-corrected chi connectivity index (χ3v) is 5.22. The summed E-state index contributed by atoms with van der Waals surface area (Å²) in [5.41, 5.74) is 1.95. The van der Waals surface area contributed by atoms with E-state index in [0.29, 0.717) is 11.7 Å². The minimum Gasteiger partial charge on any atom is -0.444 e. The molecule has 2 aromatic heterocycles. The van der Waals surface area contributed by atoms with Crippen LogP contribution in [0.1, 0.15) is 36.2 Å². The van der Waals surface area contributed by atoms with Crippen LogP contribution >= 0.6 is 0 Å². The summed E-state index contributed by atoms with van der Waals surface area (Å²) in [6.07, 6.45) is 0. The van der Waals surface area contributed by atoms with Gasteiger partial charge in [0.15, 0.2) is 0 Å². The Bertz CT molecular complexity index is 861. The van der Waals surface area contributed by atoms with Gasteiger partial charge < -0.3 is 8.94 Å². The summed E-state index contributed by atoms with van der Waals surface area (Å²) >= 11 is 0. The number of nitrogens with zero attached hydrogens (tertiary/aromatic N) is 5. The van der Waals surface area contributed by atoms with E-state index in [0.717, 1.165) is 55.6 Å². The molecule has 4 rings (SSSR count). The molecule has 0 radical (unpaired) electrons. The van der Waals surface area contributed by atoms with Gasteiger partial charge in [0.1, 0.15) is 5.76 Å². The molecule has 3 heterocycles. The molecule has 1 aliphatic rings. The number of hydrogen-bond acceptors (Lipinski definition) is 7. The van der Waals surface area contributed by atoms with E-state index >= 15 is 0 Å². The molecule has 1 aliphatic heterocycles. The second-order valence-electron chi connectivity index (χ2n) is 7.06. The molecule has 1 atom stereocenters. The molecule has 1 unspecified atom stereocenters. The van der Waals surface area contributed by atoms with Crippen molar-refractivity contribution in [3.8, 4) is 11.4 Å². The van der Waals surface area contributed by atoms with Crippen LogP contribution in [0.2, 0.25) is 0 Å². The van der Waals surface area contributed by atoms with Crippen molar-refractivity contribution in [2.24, 2.45) is 0 Å². The standard InChI is InChI=1S/C20H25N5O2/c1-14-16(3)26-18(21-14)13-24-9-11-25(12-10-24)15(2)20-22-19(23-27-20)17-7-5-4-6-8-17/h4-8,15H,9-13H2,1-3H3. The summed E-state index contributed by atoms with van der Waals surface area (Å²) < 4.78 is 11.2. The molecular formula is C20H25N5O2. The summed E-state index contributed by atoms with van der Waals surface area (Å²) in [5, 5.41) is 4.14. The van der Waals surface area contributed by atoms with Gasteiger partial charge in [-0.15, -0.1) is 0 Å². The highest BCUT2D eigenvalue weighted by Crippen LogP contribution is 2.23. The predicted molar refractivity (Wildman–Crippen MR) is 101 cm³/mol. The first-order chi connectivity index (χ1) is 13.1. The van der Waals surface area contributed by atoms with E-state index in [9.17, 15) is 0 Å². The Morgan fingerprint density at radius 2 is 1.78 bits per heavy atom. The number of piperazine rings is 1. The van der Waals surface area contributed by atoms with Gasteiger partial charge in [0.25, 0.3) is 0 Å². The average molecular weight is 367 g/mol. The van der Waals surface area contributed by atoms with E-state index in [1.807, 2.05) is 44.2 Å². The summed E-state index contributed by atoms with van der Waals surface area (Å²) in [6.45, 7) is 10.6. The normalized spacial score (nSPS) is 17.3. The van der Waals surface area contributed by atoms with Crippen molar-refractivity contribution < 1.29 is 8.94 Å². The zero-order valence-electron chi connectivity index (χ0n) is 16.1. The average Bonchev–Trinajstić information content (AvgIpc) is 3.30. The Labute approximate surface area is 159 Å². The van der Waals surface area contributed by atoms with Crippen LogP contribution in [-0.4, -0.2) is 51.1 Å². The summed E-state index contributed by atoms with van der Waals surface area (Å²) in [5.74, 6) is 3.02. The summed E-state index contributed by atoms with van der Waals surface area (Å²) in [4.78, 5) is 13.8. The molecule has 142 valence electrons. The lowest BCUT2D eigenvalue weighted by atomic mass is 10.2. The molecule has 7 heteroatoms. The molecule has 1 fully saturated rings. The van der Waals surface area contributed by atoms with E-state index in [-0.39, 0.29) is 6.04 Å². The van der Waals surface area contributed by atoms with Crippen molar-refractivity contribution in [2.75, 3.05) is 26.2 Å². The first-order valence-corrected chi connectivity index (χ1v) is 9.38. The van der Waals surface area contributed by atoms with Crippen molar-refractivity contribution in [3.05, 3.63) is 53.6 Å². The third-order valence-electron chi connectivity index (χ3n) is 5.22. The SMILES string of the molecule is Cc1nc(CN2CCN(C(C)c3nc(-c4ccccc4)no3)CC2)oc1C. The largest absolute Gasteiger partial charge is 0.444 e. The van der Waals surface area contributed by atoms with E-state index in [2.05, 4.69) is 31.8 Å². The van der Waals surface area contributed by atoms with E-state index < -0.39 is 0 Å². The molecule has 0 saturated carbocycles. The third kappa shape index (κ3) is 3.94. The zero-order chi connectivity index (χ0) is 18.8. The smallest absolute Gasteiger partial charge is 0.244 e. The van der Waals surface area contributed by atoms with Crippen LogP contribution in [0.4, 0.5) is 0 Å². The Balaban J connectivity index is 1.34.